The van der Waals surface area contributed by atoms with Gasteiger partial charge < -0.3 is 45.1 Å². The van der Waals surface area contributed by atoms with Crippen LogP contribution in [0.1, 0.15) is 21.3 Å². The first-order valence-electron chi connectivity index (χ1n) is 8.18. The summed E-state index contributed by atoms with van der Waals surface area (Å²) in [5.41, 5.74) is 5.98. The lowest BCUT2D eigenvalue weighted by molar-refractivity contribution is -0.330. The van der Waals surface area contributed by atoms with Crippen molar-refractivity contribution in [2.75, 3.05) is 20.3 Å². The Morgan fingerprint density at radius 3 is 2.00 bits per heavy atom. The van der Waals surface area contributed by atoms with Crippen LogP contribution >= 0.6 is 0 Å². The van der Waals surface area contributed by atoms with Crippen molar-refractivity contribution in [1.29, 1.82) is 0 Å². The van der Waals surface area contributed by atoms with Gasteiger partial charge >= 0.3 is 0 Å². The van der Waals surface area contributed by atoms with Crippen LogP contribution < -0.4 is 5.73 Å². The van der Waals surface area contributed by atoms with Crippen molar-refractivity contribution < 1.29 is 39.4 Å². The molecule has 0 bridgehead atoms. The molecule has 2 saturated heterocycles. The molecule has 150 valence electrons. The summed E-state index contributed by atoms with van der Waals surface area (Å²) in [6.07, 6.45) is -6.01. The molecule has 9 nitrogen and oxygen atoms in total. The molecule has 0 aromatic heterocycles. The van der Waals surface area contributed by atoms with Gasteiger partial charge in [0, 0.05) is 18.9 Å². The summed E-state index contributed by atoms with van der Waals surface area (Å²) < 4.78 is 22.1. The van der Waals surface area contributed by atoms with E-state index >= 15 is 0 Å². The van der Waals surface area contributed by atoms with Gasteiger partial charge in [-0.05, 0) is 0 Å². The maximum absolute atomic E-state index is 10.5. The molecule has 0 amide bonds. The second-order valence-electron chi connectivity index (χ2n) is 6.56. The molecule has 9 heteroatoms. The average molecular weight is 367 g/mol. The predicted octanol–water partition coefficient (Wildman–Crippen LogP) is -1.59. The van der Waals surface area contributed by atoms with Crippen LogP contribution in [0.25, 0.3) is 0 Å². The molecule has 0 aromatic carbocycles. The van der Waals surface area contributed by atoms with Crippen LogP contribution in [-0.2, 0) is 18.9 Å². The normalized spacial score (nSPS) is 48.0. The van der Waals surface area contributed by atoms with Gasteiger partial charge in [0.25, 0.3) is 0 Å². The second-order valence-corrected chi connectivity index (χ2v) is 6.56. The molecule has 0 saturated carbocycles. The standard InChI is InChI=1S/C15H29NO8.CH4/c1-6-8(4-17)22-15(10(16)11(6)19)24-13-9(5-18)23-14(21-3)7(2)12(13)20;/h6-15,17-20H,4-5,16H2,1-3H3;1H4/t6-,7?,8?,9?,10?,11-,12-,13+,14-,15-;/m0./s1. The van der Waals surface area contributed by atoms with Crippen molar-refractivity contribution in [2.45, 2.75) is 70.4 Å². The lowest BCUT2D eigenvalue weighted by Gasteiger charge is -2.47. The molecule has 0 aromatic rings. The molecule has 2 aliphatic rings. The molecule has 2 fully saturated rings. The van der Waals surface area contributed by atoms with E-state index in [1.807, 2.05) is 0 Å². The second kappa shape index (κ2) is 9.54. The largest absolute Gasteiger partial charge is 0.394 e. The summed E-state index contributed by atoms with van der Waals surface area (Å²) in [6.45, 7) is 2.78. The van der Waals surface area contributed by atoms with E-state index in [0.29, 0.717) is 0 Å². The lowest BCUT2D eigenvalue weighted by Crippen LogP contribution is -2.63. The van der Waals surface area contributed by atoms with Gasteiger partial charge in [-0.3, -0.25) is 0 Å². The third-order valence-corrected chi connectivity index (χ3v) is 5.01. The average Bonchev–Trinajstić information content (AvgIpc) is 2.59. The van der Waals surface area contributed by atoms with E-state index < -0.39 is 61.7 Å². The van der Waals surface area contributed by atoms with E-state index in [1.165, 1.54) is 7.11 Å². The zero-order valence-electron chi connectivity index (χ0n) is 14.2. The first-order valence-corrected chi connectivity index (χ1v) is 8.18. The fourth-order valence-electron chi connectivity index (χ4n) is 3.24. The summed E-state index contributed by atoms with van der Waals surface area (Å²) in [7, 11) is 1.45. The summed E-state index contributed by atoms with van der Waals surface area (Å²) >= 11 is 0. The molecular formula is C16H33NO8. The van der Waals surface area contributed by atoms with Crippen LogP contribution in [0.4, 0.5) is 0 Å². The highest BCUT2D eigenvalue weighted by molar-refractivity contribution is 4.93. The van der Waals surface area contributed by atoms with Crippen molar-refractivity contribution in [3.05, 3.63) is 0 Å². The number of nitrogens with two attached hydrogens (primary N) is 1. The Kier molecular flexibility index (Phi) is 8.65. The minimum absolute atomic E-state index is 0. The summed E-state index contributed by atoms with van der Waals surface area (Å²) in [5.74, 6) is -0.761. The van der Waals surface area contributed by atoms with Gasteiger partial charge in [-0.25, -0.2) is 0 Å². The van der Waals surface area contributed by atoms with Gasteiger partial charge in [-0.15, -0.1) is 0 Å². The molecule has 0 aliphatic carbocycles. The first-order chi connectivity index (χ1) is 11.3. The van der Waals surface area contributed by atoms with Crippen LogP contribution in [0.5, 0.6) is 0 Å². The summed E-state index contributed by atoms with van der Waals surface area (Å²) in [6, 6.07) is -0.857. The van der Waals surface area contributed by atoms with Gasteiger partial charge in [0.1, 0.15) is 12.2 Å². The van der Waals surface area contributed by atoms with Crippen LogP contribution in [0.3, 0.4) is 0 Å². The predicted molar refractivity (Wildman–Crippen MR) is 88.4 cm³/mol. The monoisotopic (exact) mass is 367 g/mol. The number of hydrogen-bond acceptors (Lipinski definition) is 9. The van der Waals surface area contributed by atoms with E-state index in [1.54, 1.807) is 13.8 Å². The van der Waals surface area contributed by atoms with Gasteiger partial charge in [0.15, 0.2) is 12.6 Å². The van der Waals surface area contributed by atoms with Gasteiger partial charge in [0.05, 0.1) is 37.6 Å². The van der Waals surface area contributed by atoms with Crippen LogP contribution in [0, 0.1) is 11.8 Å². The Hall–Kier alpha value is -0.360. The van der Waals surface area contributed by atoms with Crippen molar-refractivity contribution in [2.24, 2.45) is 17.6 Å². The van der Waals surface area contributed by atoms with E-state index in [-0.39, 0.29) is 20.0 Å². The van der Waals surface area contributed by atoms with Gasteiger partial charge in [-0.2, -0.15) is 0 Å². The fraction of sp³-hybridized carbons (Fsp3) is 1.00. The number of rotatable bonds is 5. The minimum Gasteiger partial charge on any atom is -0.394 e. The van der Waals surface area contributed by atoms with E-state index in [2.05, 4.69) is 0 Å². The SMILES string of the molecule is C.CO[C@H]1OC(CO)[C@@H](O[C@@H]2OC(CO)[C@H](C)[C@H](O)C2N)[C@@H](O)C1C. The van der Waals surface area contributed by atoms with Crippen LogP contribution in [0.2, 0.25) is 0 Å². The fourth-order valence-corrected chi connectivity index (χ4v) is 3.24. The van der Waals surface area contributed by atoms with Crippen LogP contribution in [0.15, 0.2) is 0 Å². The van der Waals surface area contributed by atoms with E-state index in [0.717, 1.165) is 0 Å². The Morgan fingerprint density at radius 1 is 0.920 bits per heavy atom. The number of ether oxygens (including phenoxy) is 4. The molecule has 0 radical (unpaired) electrons. The Morgan fingerprint density at radius 2 is 1.48 bits per heavy atom. The molecule has 2 aliphatic heterocycles. The molecule has 25 heavy (non-hydrogen) atoms. The lowest BCUT2D eigenvalue weighted by atomic mass is 9.89. The maximum Gasteiger partial charge on any atom is 0.176 e. The molecule has 2 heterocycles. The third kappa shape index (κ3) is 4.49. The Bertz CT molecular complexity index is 396. The summed E-state index contributed by atoms with van der Waals surface area (Å²) in [5, 5.41) is 39.6. The molecule has 10 atom stereocenters. The van der Waals surface area contributed by atoms with Crippen molar-refractivity contribution >= 4 is 0 Å². The van der Waals surface area contributed by atoms with Crippen molar-refractivity contribution in [3.8, 4) is 0 Å². The highest BCUT2D eigenvalue weighted by atomic mass is 16.7. The number of methoxy groups -OCH3 is 1. The van der Waals surface area contributed by atoms with E-state index in [9.17, 15) is 20.4 Å². The zero-order chi connectivity index (χ0) is 18.0. The van der Waals surface area contributed by atoms with Crippen LogP contribution in [-0.4, -0.2) is 89.9 Å². The molecule has 2 rings (SSSR count). The van der Waals surface area contributed by atoms with Crippen molar-refractivity contribution in [3.63, 3.8) is 0 Å². The topological polar surface area (TPSA) is 144 Å². The highest BCUT2D eigenvalue weighted by Crippen LogP contribution is 2.32. The number of aliphatic hydroxyl groups is 4. The molecule has 6 N–H and O–H groups in total. The highest BCUT2D eigenvalue weighted by Gasteiger charge is 2.48. The number of hydrogen-bond donors (Lipinski definition) is 5. The minimum atomic E-state index is -1.04. The number of aliphatic hydroxyl groups excluding tert-OH is 4. The quantitative estimate of drug-likeness (QED) is 0.388. The first kappa shape index (κ1) is 22.7. The third-order valence-electron chi connectivity index (χ3n) is 5.01. The molecule has 0 spiro atoms. The summed E-state index contributed by atoms with van der Waals surface area (Å²) in [4.78, 5) is 0. The Balaban J connectivity index is 0.00000312. The zero-order valence-corrected chi connectivity index (χ0v) is 14.2. The van der Waals surface area contributed by atoms with E-state index in [4.69, 9.17) is 24.7 Å². The molecular weight excluding hydrogens is 334 g/mol. The van der Waals surface area contributed by atoms with Gasteiger partial charge in [-0.1, -0.05) is 21.3 Å². The Labute approximate surface area is 148 Å². The van der Waals surface area contributed by atoms with Crippen molar-refractivity contribution in [1.82, 2.24) is 0 Å². The maximum atomic E-state index is 10.5. The molecule has 4 unspecified atom stereocenters. The van der Waals surface area contributed by atoms with Gasteiger partial charge in [0.2, 0.25) is 0 Å². The smallest absolute Gasteiger partial charge is 0.176 e.